The van der Waals surface area contributed by atoms with E-state index in [4.69, 9.17) is 14.6 Å². The molecule has 0 amide bonds. The first-order valence-corrected chi connectivity index (χ1v) is 5.20. The van der Waals surface area contributed by atoms with Gasteiger partial charge in [-0.2, -0.15) is 0 Å². The molecule has 0 unspecified atom stereocenters. The lowest BCUT2D eigenvalue weighted by Gasteiger charge is -2.09. The molecule has 0 saturated carbocycles. The Morgan fingerprint density at radius 2 is 1.61 bits per heavy atom. The Bertz CT molecular complexity index is 625. The van der Waals surface area contributed by atoms with E-state index < -0.39 is 5.97 Å². The molecule has 0 radical (unpaired) electrons. The maximum Gasteiger partial charge on any atom is 0.356 e. The van der Waals surface area contributed by atoms with Gasteiger partial charge in [-0.15, -0.1) is 0 Å². The van der Waals surface area contributed by atoms with Crippen molar-refractivity contribution in [1.29, 1.82) is 0 Å². The van der Waals surface area contributed by atoms with Crippen LogP contribution in [-0.2, 0) is 0 Å². The summed E-state index contributed by atoms with van der Waals surface area (Å²) in [5.41, 5.74) is 1.32. The van der Waals surface area contributed by atoms with Crippen molar-refractivity contribution in [1.82, 2.24) is 9.97 Å². The molecule has 1 aromatic heterocycles. The zero-order valence-corrected chi connectivity index (χ0v) is 10.2. The van der Waals surface area contributed by atoms with Crippen LogP contribution in [0, 0.1) is 6.92 Å². The largest absolute Gasteiger partial charge is 0.493 e. The number of aromatic nitrogens is 2. The highest BCUT2D eigenvalue weighted by molar-refractivity contribution is 5.90. The van der Waals surface area contributed by atoms with Crippen LogP contribution in [0.1, 0.15) is 16.2 Å². The molecular formula is C12H12N2O4. The molecule has 18 heavy (non-hydrogen) atoms. The van der Waals surface area contributed by atoms with Gasteiger partial charge in [0.05, 0.1) is 30.9 Å². The predicted octanol–water partition coefficient (Wildman–Crippen LogP) is 1.65. The lowest BCUT2D eigenvalue weighted by molar-refractivity contribution is 0.0689. The summed E-state index contributed by atoms with van der Waals surface area (Å²) in [5.74, 6) is -0.0852. The van der Waals surface area contributed by atoms with E-state index in [0.717, 1.165) is 0 Å². The van der Waals surface area contributed by atoms with E-state index in [1.54, 1.807) is 19.1 Å². The Morgan fingerprint density at radius 1 is 1.11 bits per heavy atom. The Hall–Kier alpha value is -2.37. The SMILES string of the molecule is COc1cc2nc(C)c(C(=O)O)nc2cc1OC. The first kappa shape index (κ1) is 12.1. The first-order chi connectivity index (χ1) is 8.56. The van der Waals surface area contributed by atoms with E-state index in [1.807, 2.05) is 0 Å². The van der Waals surface area contributed by atoms with Gasteiger partial charge < -0.3 is 14.6 Å². The van der Waals surface area contributed by atoms with E-state index in [2.05, 4.69) is 9.97 Å². The zero-order chi connectivity index (χ0) is 13.3. The van der Waals surface area contributed by atoms with Crippen molar-refractivity contribution in [2.75, 3.05) is 14.2 Å². The predicted molar refractivity (Wildman–Crippen MR) is 64.3 cm³/mol. The van der Waals surface area contributed by atoms with E-state index in [1.165, 1.54) is 14.2 Å². The van der Waals surface area contributed by atoms with E-state index in [0.29, 0.717) is 28.2 Å². The molecular weight excluding hydrogens is 236 g/mol. The van der Waals surface area contributed by atoms with Gasteiger partial charge >= 0.3 is 5.97 Å². The van der Waals surface area contributed by atoms with Gasteiger partial charge in [0.1, 0.15) is 0 Å². The summed E-state index contributed by atoms with van der Waals surface area (Å²) in [6, 6.07) is 3.27. The lowest BCUT2D eigenvalue weighted by atomic mass is 10.2. The third-order valence-corrected chi connectivity index (χ3v) is 2.55. The number of rotatable bonds is 3. The van der Waals surface area contributed by atoms with Crippen molar-refractivity contribution in [2.45, 2.75) is 6.92 Å². The second-order valence-electron chi connectivity index (χ2n) is 3.66. The summed E-state index contributed by atoms with van der Waals surface area (Å²) in [5, 5.41) is 8.99. The van der Waals surface area contributed by atoms with Crippen LogP contribution in [0.2, 0.25) is 0 Å². The highest BCUT2D eigenvalue weighted by Gasteiger charge is 2.14. The van der Waals surface area contributed by atoms with Gasteiger partial charge in [0.15, 0.2) is 17.2 Å². The van der Waals surface area contributed by atoms with Crippen LogP contribution >= 0.6 is 0 Å². The average molecular weight is 248 g/mol. The quantitative estimate of drug-likeness (QED) is 0.889. The molecule has 0 atom stereocenters. The third-order valence-electron chi connectivity index (χ3n) is 2.55. The van der Waals surface area contributed by atoms with Crippen LogP contribution in [0.4, 0.5) is 0 Å². The normalized spacial score (nSPS) is 10.4. The minimum absolute atomic E-state index is 0.0604. The second kappa shape index (κ2) is 4.48. The van der Waals surface area contributed by atoms with Crippen molar-refractivity contribution in [3.05, 3.63) is 23.5 Å². The maximum absolute atomic E-state index is 11.0. The minimum Gasteiger partial charge on any atom is -0.493 e. The van der Waals surface area contributed by atoms with Gasteiger partial charge in [-0.05, 0) is 6.92 Å². The molecule has 0 saturated heterocycles. The van der Waals surface area contributed by atoms with E-state index >= 15 is 0 Å². The van der Waals surface area contributed by atoms with Crippen LogP contribution in [0.25, 0.3) is 11.0 Å². The lowest BCUT2D eigenvalue weighted by Crippen LogP contribution is -2.06. The number of hydrogen-bond acceptors (Lipinski definition) is 5. The van der Waals surface area contributed by atoms with Gasteiger partial charge in [0.25, 0.3) is 0 Å². The van der Waals surface area contributed by atoms with Gasteiger partial charge in [0.2, 0.25) is 0 Å². The van der Waals surface area contributed by atoms with Crippen LogP contribution < -0.4 is 9.47 Å². The summed E-state index contributed by atoms with van der Waals surface area (Å²) in [4.78, 5) is 19.2. The number of aromatic carboxylic acids is 1. The summed E-state index contributed by atoms with van der Waals surface area (Å²) >= 11 is 0. The molecule has 94 valence electrons. The zero-order valence-electron chi connectivity index (χ0n) is 10.2. The Kier molecular flexibility index (Phi) is 3.01. The number of carboxylic acids is 1. The molecule has 0 aliphatic rings. The minimum atomic E-state index is -1.10. The fraction of sp³-hybridized carbons (Fsp3) is 0.250. The molecule has 1 heterocycles. The molecule has 1 aromatic carbocycles. The second-order valence-corrected chi connectivity index (χ2v) is 3.66. The van der Waals surface area contributed by atoms with Crippen LogP contribution in [-0.4, -0.2) is 35.3 Å². The number of hydrogen-bond donors (Lipinski definition) is 1. The first-order valence-electron chi connectivity index (χ1n) is 5.20. The standard InChI is InChI=1S/C12H12N2O4/c1-6-11(12(15)16)14-8-5-10(18-3)9(17-2)4-7(8)13-6/h4-5H,1-3H3,(H,15,16). The molecule has 0 aliphatic heterocycles. The van der Waals surface area contributed by atoms with Gasteiger partial charge in [0, 0.05) is 12.1 Å². The third kappa shape index (κ3) is 1.92. The highest BCUT2D eigenvalue weighted by Crippen LogP contribution is 2.30. The van der Waals surface area contributed by atoms with Crippen LogP contribution in [0.5, 0.6) is 11.5 Å². The fourth-order valence-electron chi connectivity index (χ4n) is 1.67. The number of methoxy groups -OCH3 is 2. The Labute approximate surface area is 103 Å². The smallest absolute Gasteiger partial charge is 0.356 e. The molecule has 6 nitrogen and oxygen atoms in total. The van der Waals surface area contributed by atoms with Crippen LogP contribution in [0.15, 0.2) is 12.1 Å². The van der Waals surface area contributed by atoms with Gasteiger partial charge in [-0.1, -0.05) is 0 Å². The molecule has 2 aromatic rings. The van der Waals surface area contributed by atoms with Crippen molar-refractivity contribution >= 4 is 17.0 Å². The number of ether oxygens (including phenoxy) is 2. The topological polar surface area (TPSA) is 81.5 Å². The number of carbonyl (C=O) groups is 1. The van der Waals surface area contributed by atoms with E-state index in [9.17, 15) is 4.79 Å². The Morgan fingerprint density at radius 3 is 2.06 bits per heavy atom. The monoisotopic (exact) mass is 248 g/mol. The van der Waals surface area contributed by atoms with E-state index in [-0.39, 0.29) is 5.69 Å². The molecule has 1 N–H and O–H groups in total. The molecule has 2 rings (SSSR count). The summed E-state index contributed by atoms with van der Waals surface area (Å²) in [6.45, 7) is 1.60. The van der Waals surface area contributed by atoms with Crippen molar-refractivity contribution < 1.29 is 19.4 Å². The summed E-state index contributed by atoms with van der Waals surface area (Å²) < 4.78 is 10.3. The highest BCUT2D eigenvalue weighted by atomic mass is 16.5. The number of nitrogens with zero attached hydrogens (tertiary/aromatic N) is 2. The number of aryl methyl sites for hydroxylation is 1. The molecule has 0 bridgehead atoms. The maximum atomic E-state index is 11.0. The number of benzene rings is 1. The molecule has 0 spiro atoms. The van der Waals surface area contributed by atoms with Gasteiger partial charge in [-0.3, -0.25) is 0 Å². The van der Waals surface area contributed by atoms with Crippen molar-refractivity contribution in [3.8, 4) is 11.5 Å². The average Bonchev–Trinajstić information content (AvgIpc) is 2.36. The van der Waals surface area contributed by atoms with Crippen molar-refractivity contribution in [3.63, 3.8) is 0 Å². The van der Waals surface area contributed by atoms with Crippen molar-refractivity contribution in [2.24, 2.45) is 0 Å². The molecule has 0 aliphatic carbocycles. The summed E-state index contributed by atoms with van der Waals surface area (Å²) in [7, 11) is 3.03. The molecule has 0 fully saturated rings. The fourth-order valence-corrected chi connectivity index (χ4v) is 1.67. The molecule has 6 heteroatoms. The number of fused-ring (bicyclic) bond motifs is 1. The number of carboxylic acid groups (broad SMARTS) is 1. The Balaban J connectivity index is 2.73. The summed E-state index contributed by atoms with van der Waals surface area (Å²) in [6.07, 6.45) is 0. The van der Waals surface area contributed by atoms with Crippen LogP contribution in [0.3, 0.4) is 0 Å². The van der Waals surface area contributed by atoms with Gasteiger partial charge in [-0.25, -0.2) is 14.8 Å².